The molecule has 0 bridgehead atoms. The van der Waals surface area contributed by atoms with Gasteiger partial charge in [-0.05, 0) is 18.3 Å². The second-order valence-corrected chi connectivity index (χ2v) is 2.32. The Kier molecular flexibility index (Phi) is 3.14. The second kappa shape index (κ2) is 4.14. The van der Waals surface area contributed by atoms with Gasteiger partial charge in [0.1, 0.15) is 0 Å². The molecule has 0 spiro atoms. The Labute approximate surface area is 75.5 Å². The molecule has 0 heterocycles. The Hall–Kier alpha value is -0.995. The van der Waals surface area contributed by atoms with E-state index in [0.717, 1.165) is 0 Å². The van der Waals surface area contributed by atoms with E-state index in [0.29, 0.717) is 11.2 Å². The molecular formula is C7H6BNO2S. The third kappa shape index (κ3) is 2.00. The first-order valence-corrected chi connectivity index (χ1v) is 3.69. The van der Waals surface area contributed by atoms with Crippen molar-refractivity contribution in [3.63, 3.8) is 0 Å². The number of benzene rings is 1. The first kappa shape index (κ1) is 9.10. The number of thiocarbonyl (C=S) groups is 1. The molecule has 0 aliphatic rings. The molecule has 0 unspecified atom stereocenters. The lowest BCUT2D eigenvalue weighted by molar-refractivity contribution is 0.426. The molecule has 12 heavy (non-hydrogen) atoms. The Morgan fingerprint density at radius 3 is 2.58 bits per heavy atom. The van der Waals surface area contributed by atoms with Crippen LogP contribution in [0.3, 0.4) is 0 Å². The van der Waals surface area contributed by atoms with Crippen LogP contribution in [0.2, 0.25) is 0 Å². The molecule has 0 saturated heterocycles. The number of nitrogens with zero attached hydrogens (tertiary/aromatic N) is 1. The van der Waals surface area contributed by atoms with Crippen LogP contribution < -0.4 is 5.46 Å². The van der Waals surface area contributed by atoms with Crippen LogP contribution in [-0.4, -0.2) is 22.3 Å². The zero-order chi connectivity index (χ0) is 8.97. The number of hydrogen-bond acceptors (Lipinski definition) is 4. The van der Waals surface area contributed by atoms with Crippen molar-refractivity contribution in [1.29, 1.82) is 0 Å². The van der Waals surface area contributed by atoms with Gasteiger partial charge in [-0.25, -0.2) is 0 Å². The Morgan fingerprint density at radius 1 is 1.33 bits per heavy atom. The summed E-state index contributed by atoms with van der Waals surface area (Å²) in [4.78, 5) is 3.67. The van der Waals surface area contributed by atoms with E-state index in [1.165, 1.54) is 0 Å². The number of isothiocyanates is 1. The SMILES string of the molecule is OB(O)c1ccccc1N=C=S. The summed E-state index contributed by atoms with van der Waals surface area (Å²) >= 11 is 4.40. The predicted molar refractivity (Wildman–Crippen MR) is 51.0 cm³/mol. The van der Waals surface area contributed by atoms with E-state index in [-0.39, 0.29) is 0 Å². The molecule has 1 aromatic rings. The summed E-state index contributed by atoms with van der Waals surface area (Å²) in [5, 5.41) is 19.9. The largest absolute Gasteiger partial charge is 0.490 e. The first-order valence-electron chi connectivity index (χ1n) is 3.28. The first-order chi connectivity index (χ1) is 5.75. The lowest BCUT2D eigenvalue weighted by Crippen LogP contribution is -2.29. The van der Waals surface area contributed by atoms with Crippen LogP contribution >= 0.6 is 12.2 Å². The lowest BCUT2D eigenvalue weighted by Gasteiger charge is -2.00. The van der Waals surface area contributed by atoms with E-state index in [4.69, 9.17) is 10.0 Å². The van der Waals surface area contributed by atoms with Crippen LogP contribution in [0, 0.1) is 0 Å². The molecule has 2 N–H and O–H groups in total. The molecule has 5 heteroatoms. The summed E-state index contributed by atoms with van der Waals surface area (Å²) < 4.78 is 0. The van der Waals surface area contributed by atoms with Crippen LogP contribution in [0.1, 0.15) is 0 Å². The fourth-order valence-corrected chi connectivity index (χ4v) is 0.955. The number of hydrogen-bond donors (Lipinski definition) is 2. The van der Waals surface area contributed by atoms with Gasteiger partial charge in [0.2, 0.25) is 0 Å². The second-order valence-electron chi connectivity index (χ2n) is 2.14. The maximum absolute atomic E-state index is 8.86. The summed E-state index contributed by atoms with van der Waals surface area (Å²) in [5.74, 6) is 0. The fourth-order valence-electron chi connectivity index (χ4n) is 0.857. The van der Waals surface area contributed by atoms with Crippen molar-refractivity contribution in [2.75, 3.05) is 0 Å². The zero-order valence-corrected chi connectivity index (χ0v) is 6.95. The molecule has 0 aliphatic carbocycles. The molecular weight excluding hydrogens is 173 g/mol. The van der Waals surface area contributed by atoms with E-state index >= 15 is 0 Å². The van der Waals surface area contributed by atoms with Crippen molar-refractivity contribution in [3.8, 4) is 0 Å². The molecule has 1 rings (SSSR count). The normalized spacial score (nSPS) is 8.83. The van der Waals surface area contributed by atoms with Gasteiger partial charge in [0.05, 0.1) is 10.8 Å². The van der Waals surface area contributed by atoms with E-state index < -0.39 is 7.12 Å². The van der Waals surface area contributed by atoms with Crippen molar-refractivity contribution in [2.45, 2.75) is 0 Å². The van der Waals surface area contributed by atoms with Crippen molar-refractivity contribution in [1.82, 2.24) is 0 Å². The van der Waals surface area contributed by atoms with Crippen LogP contribution in [0.4, 0.5) is 5.69 Å². The summed E-state index contributed by atoms with van der Waals surface area (Å²) in [7, 11) is -1.52. The highest BCUT2D eigenvalue weighted by atomic mass is 32.1. The third-order valence-electron chi connectivity index (χ3n) is 1.38. The molecule has 1 aromatic carbocycles. The summed E-state index contributed by atoms with van der Waals surface area (Å²) in [5.41, 5.74) is 0.761. The van der Waals surface area contributed by atoms with E-state index in [1.807, 2.05) is 0 Å². The monoisotopic (exact) mass is 179 g/mol. The number of aliphatic imine (C=N–C) groups is 1. The van der Waals surface area contributed by atoms with Gasteiger partial charge in [0, 0.05) is 5.46 Å². The van der Waals surface area contributed by atoms with Crippen molar-refractivity contribution in [3.05, 3.63) is 24.3 Å². The molecule has 0 saturated carbocycles. The fraction of sp³-hybridized carbons (Fsp3) is 0. The molecule has 0 radical (unpaired) electrons. The average Bonchev–Trinajstić information content (AvgIpc) is 2.05. The van der Waals surface area contributed by atoms with Gasteiger partial charge >= 0.3 is 7.12 Å². The maximum atomic E-state index is 8.86. The summed E-state index contributed by atoms with van der Waals surface area (Å²) in [6, 6.07) is 6.62. The highest BCUT2D eigenvalue weighted by molar-refractivity contribution is 7.78. The van der Waals surface area contributed by atoms with Crippen molar-refractivity contribution >= 4 is 35.6 Å². The van der Waals surface area contributed by atoms with E-state index in [9.17, 15) is 0 Å². The van der Waals surface area contributed by atoms with Gasteiger partial charge in [-0.15, -0.1) is 0 Å². The van der Waals surface area contributed by atoms with Crippen LogP contribution in [-0.2, 0) is 0 Å². The van der Waals surface area contributed by atoms with Gasteiger partial charge in [0.15, 0.2) is 0 Å². The van der Waals surface area contributed by atoms with Gasteiger partial charge in [-0.2, -0.15) is 4.99 Å². The molecule has 0 aliphatic heterocycles. The predicted octanol–water partition coefficient (Wildman–Crippen LogP) is 0.101. The van der Waals surface area contributed by atoms with Crippen molar-refractivity contribution < 1.29 is 10.0 Å². The topological polar surface area (TPSA) is 52.8 Å². The minimum absolute atomic E-state index is 0.329. The Balaban J connectivity index is 3.17. The smallest absolute Gasteiger partial charge is 0.423 e. The molecule has 0 atom stereocenters. The molecule has 3 nitrogen and oxygen atoms in total. The third-order valence-corrected chi connectivity index (χ3v) is 1.47. The maximum Gasteiger partial charge on any atom is 0.490 e. The summed E-state index contributed by atoms with van der Waals surface area (Å²) in [6.45, 7) is 0. The average molecular weight is 179 g/mol. The quantitative estimate of drug-likeness (QED) is 0.384. The zero-order valence-electron chi connectivity index (χ0n) is 6.14. The highest BCUT2D eigenvalue weighted by Crippen LogP contribution is 2.06. The Morgan fingerprint density at radius 2 is 2.00 bits per heavy atom. The van der Waals surface area contributed by atoms with Crippen molar-refractivity contribution in [2.24, 2.45) is 4.99 Å². The van der Waals surface area contributed by atoms with E-state index in [1.54, 1.807) is 24.3 Å². The minimum Gasteiger partial charge on any atom is -0.423 e. The minimum atomic E-state index is -1.52. The van der Waals surface area contributed by atoms with Crippen LogP contribution in [0.25, 0.3) is 0 Å². The number of para-hydroxylation sites is 1. The van der Waals surface area contributed by atoms with Gasteiger partial charge in [-0.3, -0.25) is 0 Å². The lowest BCUT2D eigenvalue weighted by atomic mass is 9.79. The van der Waals surface area contributed by atoms with Crippen LogP contribution in [0.15, 0.2) is 29.3 Å². The molecule has 0 amide bonds. The molecule has 0 aromatic heterocycles. The number of rotatable bonds is 2. The van der Waals surface area contributed by atoms with E-state index in [2.05, 4.69) is 22.4 Å². The Bertz CT molecular complexity index is 323. The standard InChI is InChI=1S/C7H6BNO2S/c10-8(11)6-3-1-2-4-7(6)9-5-12/h1-4,10-11H. The van der Waals surface area contributed by atoms with Crippen LogP contribution in [0.5, 0.6) is 0 Å². The molecule has 60 valence electrons. The molecule has 0 fully saturated rings. The van der Waals surface area contributed by atoms with Gasteiger partial charge < -0.3 is 10.0 Å². The van der Waals surface area contributed by atoms with Gasteiger partial charge in [-0.1, -0.05) is 18.2 Å². The van der Waals surface area contributed by atoms with Gasteiger partial charge in [0.25, 0.3) is 0 Å². The highest BCUT2D eigenvalue weighted by Gasteiger charge is 2.14. The summed E-state index contributed by atoms with van der Waals surface area (Å²) in [6.07, 6.45) is 0.